The van der Waals surface area contributed by atoms with E-state index in [0.29, 0.717) is 24.1 Å². The Morgan fingerprint density at radius 2 is 1.78 bits per heavy atom. The van der Waals surface area contributed by atoms with Crippen molar-refractivity contribution in [3.8, 4) is 16.9 Å². The van der Waals surface area contributed by atoms with Gasteiger partial charge in [-0.2, -0.15) is 0 Å². The third-order valence-corrected chi connectivity index (χ3v) is 6.31. The molecule has 37 heavy (non-hydrogen) atoms. The van der Waals surface area contributed by atoms with Crippen LogP contribution in [0.3, 0.4) is 0 Å². The number of para-hydroxylation sites is 1. The fraction of sp³-hybridized carbons (Fsp3) is 0.103. The number of ketones is 1. The van der Waals surface area contributed by atoms with Crippen molar-refractivity contribution in [2.24, 2.45) is 0 Å². The fourth-order valence-corrected chi connectivity index (χ4v) is 4.50. The molecule has 0 unspecified atom stereocenters. The van der Waals surface area contributed by atoms with Crippen LogP contribution >= 0.6 is 0 Å². The summed E-state index contributed by atoms with van der Waals surface area (Å²) in [6, 6.07) is 20.8. The van der Waals surface area contributed by atoms with Gasteiger partial charge in [0.05, 0.1) is 18.4 Å². The number of carbonyl (C=O) groups excluding carboxylic acids is 2. The zero-order chi connectivity index (χ0) is 25.9. The minimum Gasteiger partial charge on any atom is -0.494 e. The number of halogens is 1. The minimum atomic E-state index is -0.560. The molecule has 186 valence electrons. The third-order valence-electron chi connectivity index (χ3n) is 6.31. The molecule has 0 bridgehead atoms. The van der Waals surface area contributed by atoms with E-state index in [9.17, 15) is 14.0 Å². The van der Waals surface area contributed by atoms with Crippen LogP contribution in [0.15, 0.2) is 79.0 Å². The maximum atomic E-state index is 14.2. The highest BCUT2D eigenvalue weighted by molar-refractivity contribution is 6.17. The summed E-state index contributed by atoms with van der Waals surface area (Å²) in [7, 11) is 1.35. The average molecular weight is 497 g/mol. The molecule has 3 aromatic carbocycles. The van der Waals surface area contributed by atoms with Gasteiger partial charge in [-0.15, -0.1) is 0 Å². The van der Waals surface area contributed by atoms with Gasteiger partial charge in [-0.3, -0.25) is 9.59 Å². The Morgan fingerprint density at radius 1 is 1.03 bits per heavy atom. The molecule has 1 amide bonds. The number of amides is 1. The Kier molecular flexibility index (Phi) is 6.47. The van der Waals surface area contributed by atoms with Gasteiger partial charge in [-0.1, -0.05) is 54.6 Å². The molecule has 0 atom stereocenters. The topological polar surface area (TPSA) is 113 Å². The third kappa shape index (κ3) is 4.56. The summed E-state index contributed by atoms with van der Waals surface area (Å²) >= 11 is 0. The minimum absolute atomic E-state index is 0.0129. The molecule has 0 saturated heterocycles. The summed E-state index contributed by atoms with van der Waals surface area (Å²) in [6.07, 6.45) is 2.52. The number of nitrogens with one attached hydrogen (secondary N) is 3. The number of fused-ring (bicyclic) bond motifs is 1. The Labute approximate surface area is 212 Å². The van der Waals surface area contributed by atoms with Crippen LogP contribution in [0, 0.1) is 5.82 Å². The van der Waals surface area contributed by atoms with Crippen LogP contribution in [0.5, 0.6) is 5.75 Å². The van der Waals surface area contributed by atoms with Gasteiger partial charge in [-0.05, 0) is 35.7 Å². The number of nitrogen functional groups attached to an aromatic ring is 1. The van der Waals surface area contributed by atoms with Crippen LogP contribution in [0.25, 0.3) is 22.0 Å². The van der Waals surface area contributed by atoms with E-state index in [0.717, 1.165) is 16.5 Å². The zero-order valence-corrected chi connectivity index (χ0v) is 20.1. The summed E-state index contributed by atoms with van der Waals surface area (Å²) in [5.41, 5.74) is 9.74. The van der Waals surface area contributed by atoms with Crippen LogP contribution in [-0.2, 0) is 6.42 Å². The highest BCUT2D eigenvalue weighted by Gasteiger charge is 2.27. The quantitative estimate of drug-likeness (QED) is 0.224. The molecule has 0 aliphatic carbocycles. The van der Waals surface area contributed by atoms with Crippen LogP contribution < -0.4 is 15.8 Å². The van der Waals surface area contributed by atoms with Crippen molar-refractivity contribution in [3.05, 3.63) is 107 Å². The monoisotopic (exact) mass is 496 g/mol. The molecule has 0 fully saturated rings. The second-order valence-corrected chi connectivity index (χ2v) is 8.57. The molecule has 0 saturated carbocycles. The van der Waals surface area contributed by atoms with Gasteiger partial charge in [0.25, 0.3) is 5.91 Å². The first-order chi connectivity index (χ1) is 18.0. The van der Waals surface area contributed by atoms with Gasteiger partial charge in [-0.25, -0.2) is 4.39 Å². The number of carbonyl (C=O) groups is 2. The van der Waals surface area contributed by atoms with Crippen LogP contribution in [0.2, 0.25) is 0 Å². The van der Waals surface area contributed by atoms with Gasteiger partial charge < -0.3 is 25.8 Å². The van der Waals surface area contributed by atoms with Crippen LogP contribution in [0.4, 0.5) is 10.2 Å². The zero-order valence-electron chi connectivity index (χ0n) is 20.1. The molecule has 0 radical (unpaired) electrons. The summed E-state index contributed by atoms with van der Waals surface area (Å²) in [5, 5.41) is 4.01. The van der Waals surface area contributed by atoms with Gasteiger partial charge in [0.1, 0.15) is 5.82 Å². The highest BCUT2D eigenvalue weighted by Crippen LogP contribution is 2.36. The molecule has 8 heteroatoms. The number of hydrogen-bond acceptors (Lipinski definition) is 4. The summed E-state index contributed by atoms with van der Waals surface area (Å²) in [6.45, 7) is 0.347. The van der Waals surface area contributed by atoms with Crippen LogP contribution in [0.1, 0.15) is 32.0 Å². The van der Waals surface area contributed by atoms with Gasteiger partial charge in [0.2, 0.25) is 5.78 Å². The number of rotatable bonds is 8. The van der Waals surface area contributed by atoms with E-state index in [1.54, 1.807) is 30.3 Å². The van der Waals surface area contributed by atoms with Crippen LogP contribution in [-0.4, -0.2) is 35.3 Å². The number of methoxy groups -OCH3 is 1. The van der Waals surface area contributed by atoms with Gasteiger partial charge >= 0.3 is 0 Å². The van der Waals surface area contributed by atoms with E-state index in [2.05, 4.69) is 15.3 Å². The van der Waals surface area contributed by atoms with Crippen molar-refractivity contribution in [2.45, 2.75) is 6.42 Å². The number of benzene rings is 3. The first-order valence-corrected chi connectivity index (χ1v) is 11.8. The number of ether oxygens (including phenoxy) is 1. The molecule has 0 spiro atoms. The van der Waals surface area contributed by atoms with Crippen molar-refractivity contribution < 1.29 is 18.7 Å². The number of aromatic nitrogens is 2. The molecule has 0 aliphatic rings. The summed E-state index contributed by atoms with van der Waals surface area (Å²) < 4.78 is 19.3. The molecule has 7 nitrogen and oxygen atoms in total. The lowest BCUT2D eigenvalue weighted by Gasteiger charge is -2.11. The van der Waals surface area contributed by atoms with E-state index < -0.39 is 11.7 Å². The standard InChI is InChI=1S/C29H25FN4O3/c1-37-23-15-18(11-12-21(23)30)24-25(28(31)34-26(24)27(35)17-7-3-2-4-8-17)29(36)32-14-13-19-16-33-22-10-6-5-9-20(19)22/h2-12,15-16,33-34H,13-14,31H2,1H3,(H,32,36). The second kappa shape index (κ2) is 10.0. The second-order valence-electron chi connectivity index (χ2n) is 8.57. The molecule has 0 aliphatic heterocycles. The Morgan fingerprint density at radius 3 is 2.57 bits per heavy atom. The number of aromatic amines is 2. The highest BCUT2D eigenvalue weighted by atomic mass is 19.1. The SMILES string of the molecule is COc1cc(-c2c(C(=O)c3ccccc3)[nH]c(N)c2C(=O)NCCc2c[nH]c3ccccc23)ccc1F. The Balaban J connectivity index is 1.50. The van der Waals surface area contributed by atoms with Crippen molar-refractivity contribution in [1.29, 1.82) is 0 Å². The smallest absolute Gasteiger partial charge is 0.255 e. The Hall–Kier alpha value is -4.85. The number of H-pyrrole nitrogens is 2. The maximum Gasteiger partial charge on any atom is 0.255 e. The average Bonchev–Trinajstić information content (AvgIpc) is 3.50. The molecule has 5 N–H and O–H groups in total. The molecular formula is C29H25FN4O3. The van der Waals surface area contributed by atoms with Gasteiger partial charge in [0.15, 0.2) is 11.6 Å². The number of nitrogens with two attached hydrogens (primary N) is 1. The normalized spacial score (nSPS) is 11.0. The summed E-state index contributed by atoms with van der Waals surface area (Å²) in [4.78, 5) is 33.0. The van der Waals surface area contributed by atoms with E-state index >= 15 is 0 Å². The van der Waals surface area contributed by atoms with E-state index in [1.807, 2.05) is 30.5 Å². The molecule has 5 rings (SSSR count). The molecule has 5 aromatic rings. The maximum absolute atomic E-state index is 14.2. The van der Waals surface area contributed by atoms with E-state index in [1.165, 1.54) is 25.3 Å². The predicted octanol–water partition coefficient (Wildman–Crippen LogP) is 5.10. The van der Waals surface area contributed by atoms with Crippen molar-refractivity contribution >= 4 is 28.4 Å². The lowest BCUT2D eigenvalue weighted by molar-refractivity contribution is 0.0955. The first kappa shape index (κ1) is 23.9. The largest absolute Gasteiger partial charge is 0.494 e. The molecule has 2 heterocycles. The lowest BCUT2D eigenvalue weighted by Crippen LogP contribution is -2.26. The molecule has 2 aromatic heterocycles. The van der Waals surface area contributed by atoms with Crippen molar-refractivity contribution in [3.63, 3.8) is 0 Å². The first-order valence-electron chi connectivity index (χ1n) is 11.8. The van der Waals surface area contributed by atoms with Gasteiger partial charge in [0, 0.05) is 34.8 Å². The number of anilines is 1. The fourth-order valence-electron chi connectivity index (χ4n) is 4.50. The van der Waals surface area contributed by atoms with E-state index in [-0.39, 0.29) is 34.2 Å². The number of hydrogen-bond donors (Lipinski definition) is 4. The van der Waals surface area contributed by atoms with Crippen molar-refractivity contribution in [1.82, 2.24) is 15.3 Å². The molecular weight excluding hydrogens is 471 g/mol. The lowest BCUT2D eigenvalue weighted by atomic mass is 9.96. The predicted molar refractivity (Wildman–Crippen MR) is 141 cm³/mol. The van der Waals surface area contributed by atoms with Crippen molar-refractivity contribution in [2.75, 3.05) is 19.4 Å². The summed E-state index contributed by atoms with van der Waals surface area (Å²) in [5.74, 6) is -1.32. The van der Waals surface area contributed by atoms with E-state index in [4.69, 9.17) is 10.5 Å². The Bertz CT molecular complexity index is 1600.